The van der Waals surface area contributed by atoms with Crippen LogP contribution < -0.4 is 5.73 Å². The summed E-state index contributed by atoms with van der Waals surface area (Å²) in [4.78, 5) is 8.34. The van der Waals surface area contributed by atoms with Crippen LogP contribution in [0.4, 0.5) is 0 Å². The summed E-state index contributed by atoms with van der Waals surface area (Å²) in [7, 11) is 0. The van der Waals surface area contributed by atoms with E-state index in [4.69, 9.17) is 10.3 Å². The topological polar surface area (TPSA) is 77.8 Å². The Bertz CT molecular complexity index is 500. The van der Waals surface area contributed by atoms with Gasteiger partial charge in [0.2, 0.25) is 11.7 Å². The monoisotopic (exact) mass is 296 g/mol. The van der Waals surface area contributed by atoms with E-state index in [1.165, 1.54) is 0 Å². The summed E-state index contributed by atoms with van der Waals surface area (Å²) in [6.45, 7) is 2.03. The first-order valence-electron chi connectivity index (χ1n) is 5.38. The molecule has 0 aromatic carbocycles. The Kier molecular flexibility index (Phi) is 3.86. The van der Waals surface area contributed by atoms with Crippen LogP contribution in [0.5, 0.6) is 0 Å². The molecule has 2 N–H and O–H groups in total. The number of hydrogen-bond donors (Lipinski definition) is 1. The zero-order chi connectivity index (χ0) is 12.3. The lowest BCUT2D eigenvalue weighted by Crippen LogP contribution is -2.21. The van der Waals surface area contributed by atoms with Gasteiger partial charge >= 0.3 is 0 Å². The van der Waals surface area contributed by atoms with Crippen LogP contribution in [0.2, 0.25) is 0 Å². The highest BCUT2D eigenvalue weighted by molar-refractivity contribution is 9.10. The van der Waals surface area contributed by atoms with Crippen LogP contribution in [0, 0.1) is 0 Å². The van der Waals surface area contributed by atoms with E-state index in [1.807, 2.05) is 13.0 Å². The van der Waals surface area contributed by atoms with Crippen LogP contribution in [-0.2, 0) is 6.42 Å². The van der Waals surface area contributed by atoms with Crippen molar-refractivity contribution in [3.05, 3.63) is 28.8 Å². The van der Waals surface area contributed by atoms with Gasteiger partial charge in [-0.3, -0.25) is 4.98 Å². The van der Waals surface area contributed by atoms with E-state index in [9.17, 15) is 0 Å². The number of nitrogens with zero attached hydrogens (tertiary/aromatic N) is 3. The zero-order valence-corrected chi connectivity index (χ0v) is 11.0. The van der Waals surface area contributed by atoms with Gasteiger partial charge in [0.1, 0.15) is 0 Å². The predicted molar refractivity (Wildman–Crippen MR) is 67.2 cm³/mol. The lowest BCUT2D eigenvalue weighted by atomic mass is 10.2. The molecule has 0 bridgehead atoms. The van der Waals surface area contributed by atoms with Crippen molar-refractivity contribution in [3.63, 3.8) is 0 Å². The second-order valence-electron chi connectivity index (χ2n) is 3.78. The Labute approximate surface area is 108 Å². The Morgan fingerprint density at radius 3 is 3.00 bits per heavy atom. The number of rotatable bonds is 4. The molecule has 0 aliphatic heterocycles. The van der Waals surface area contributed by atoms with Gasteiger partial charge in [-0.05, 0) is 28.4 Å². The van der Waals surface area contributed by atoms with E-state index in [-0.39, 0.29) is 6.04 Å². The minimum Gasteiger partial charge on any atom is -0.339 e. The molecule has 0 saturated carbocycles. The standard InChI is InChI=1S/C11H13BrN4O/c1-2-9(13)4-10-15-11(16-17-10)7-3-8(12)6-14-5-7/h3,5-6,9H,2,4,13H2,1H3. The lowest BCUT2D eigenvalue weighted by molar-refractivity contribution is 0.368. The SMILES string of the molecule is CCC(N)Cc1nc(-c2cncc(Br)c2)no1. The van der Waals surface area contributed by atoms with E-state index < -0.39 is 0 Å². The highest BCUT2D eigenvalue weighted by Crippen LogP contribution is 2.19. The molecule has 0 spiro atoms. The van der Waals surface area contributed by atoms with E-state index in [0.29, 0.717) is 18.1 Å². The highest BCUT2D eigenvalue weighted by Gasteiger charge is 2.11. The number of pyridine rings is 1. The molecule has 0 radical (unpaired) electrons. The summed E-state index contributed by atoms with van der Waals surface area (Å²) < 4.78 is 6.03. The van der Waals surface area contributed by atoms with Gasteiger partial charge in [0, 0.05) is 34.9 Å². The lowest BCUT2D eigenvalue weighted by Gasteiger charge is -2.02. The molecule has 0 saturated heterocycles. The predicted octanol–water partition coefficient (Wildman–Crippen LogP) is 2.17. The van der Waals surface area contributed by atoms with Crippen molar-refractivity contribution >= 4 is 15.9 Å². The fraction of sp³-hybridized carbons (Fsp3) is 0.364. The summed E-state index contributed by atoms with van der Waals surface area (Å²) >= 11 is 3.35. The average molecular weight is 297 g/mol. The van der Waals surface area contributed by atoms with Crippen LogP contribution in [0.1, 0.15) is 19.2 Å². The molecule has 0 aliphatic carbocycles. The fourth-order valence-electron chi connectivity index (χ4n) is 1.36. The molecule has 2 aromatic rings. The van der Waals surface area contributed by atoms with Crippen molar-refractivity contribution in [1.29, 1.82) is 0 Å². The van der Waals surface area contributed by atoms with Crippen molar-refractivity contribution in [2.45, 2.75) is 25.8 Å². The Hall–Kier alpha value is -1.27. The van der Waals surface area contributed by atoms with Crippen molar-refractivity contribution in [2.75, 3.05) is 0 Å². The first kappa shape index (κ1) is 12.2. The molecule has 2 heterocycles. The zero-order valence-electron chi connectivity index (χ0n) is 9.43. The quantitative estimate of drug-likeness (QED) is 0.935. The van der Waals surface area contributed by atoms with Gasteiger partial charge in [0.05, 0.1) is 0 Å². The summed E-state index contributed by atoms with van der Waals surface area (Å²) in [6.07, 6.45) is 4.89. The van der Waals surface area contributed by atoms with Crippen molar-refractivity contribution < 1.29 is 4.52 Å². The molecule has 0 fully saturated rings. The summed E-state index contributed by atoms with van der Waals surface area (Å²) in [5.74, 6) is 1.10. The average Bonchev–Trinajstić information content (AvgIpc) is 2.77. The Morgan fingerprint density at radius 2 is 2.29 bits per heavy atom. The second-order valence-corrected chi connectivity index (χ2v) is 4.69. The minimum atomic E-state index is 0.0592. The van der Waals surface area contributed by atoms with Gasteiger partial charge in [-0.25, -0.2) is 0 Å². The molecule has 0 aliphatic rings. The van der Waals surface area contributed by atoms with Crippen LogP contribution >= 0.6 is 15.9 Å². The smallest absolute Gasteiger partial charge is 0.228 e. The maximum absolute atomic E-state index is 5.83. The molecule has 6 heteroatoms. The molecule has 1 atom stereocenters. The molecule has 90 valence electrons. The van der Waals surface area contributed by atoms with Crippen molar-refractivity contribution in [3.8, 4) is 11.4 Å². The third kappa shape index (κ3) is 3.10. The van der Waals surface area contributed by atoms with Crippen molar-refractivity contribution in [1.82, 2.24) is 15.1 Å². The van der Waals surface area contributed by atoms with Crippen LogP contribution in [0.3, 0.4) is 0 Å². The van der Waals surface area contributed by atoms with E-state index in [1.54, 1.807) is 12.4 Å². The van der Waals surface area contributed by atoms with Crippen LogP contribution in [-0.4, -0.2) is 21.2 Å². The first-order valence-corrected chi connectivity index (χ1v) is 6.17. The van der Waals surface area contributed by atoms with Gasteiger partial charge in [0.15, 0.2) is 0 Å². The van der Waals surface area contributed by atoms with Gasteiger partial charge in [-0.2, -0.15) is 4.98 Å². The summed E-state index contributed by atoms with van der Waals surface area (Å²) in [6, 6.07) is 1.95. The third-order valence-electron chi connectivity index (χ3n) is 2.39. The van der Waals surface area contributed by atoms with Crippen LogP contribution in [0.15, 0.2) is 27.5 Å². The largest absolute Gasteiger partial charge is 0.339 e. The second kappa shape index (κ2) is 5.37. The van der Waals surface area contributed by atoms with Gasteiger partial charge in [-0.15, -0.1) is 0 Å². The van der Waals surface area contributed by atoms with Gasteiger partial charge in [-0.1, -0.05) is 12.1 Å². The number of hydrogen-bond acceptors (Lipinski definition) is 5. The fourth-order valence-corrected chi connectivity index (χ4v) is 1.72. The van der Waals surface area contributed by atoms with Crippen LogP contribution in [0.25, 0.3) is 11.4 Å². The Balaban J connectivity index is 2.18. The van der Waals surface area contributed by atoms with Gasteiger partial charge < -0.3 is 10.3 Å². The third-order valence-corrected chi connectivity index (χ3v) is 2.83. The first-order chi connectivity index (χ1) is 8.19. The molecule has 0 amide bonds. The molecular formula is C11H13BrN4O. The number of nitrogens with two attached hydrogens (primary N) is 1. The van der Waals surface area contributed by atoms with Gasteiger partial charge in [0.25, 0.3) is 0 Å². The molecule has 1 unspecified atom stereocenters. The summed E-state index contributed by atoms with van der Waals surface area (Å²) in [5, 5.41) is 3.91. The molecule has 2 aromatic heterocycles. The van der Waals surface area contributed by atoms with E-state index in [2.05, 4.69) is 31.1 Å². The molecule has 17 heavy (non-hydrogen) atoms. The normalized spacial score (nSPS) is 12.6. The van der Waals surface area contributed by atoms with Crippen molar-refractivity contribution in [2.24, 2.45) is 5.73 Å². The molecule has 2 rings (SSSR count). The van der Waals surface area contributed by atoms with E-state index in [0.717, 1.165) is 16.5 Å². The molecular weight excluding hydrogens is 284 g/mol. The minimum absolute atomic E-state index is 0.0592. The Morgan fingerprint density at radius 1 is 1.47 bits per heavy atom. The number of aromatic nitrogens is 3. The maximum Gasteiger partial charge on any atom is 0.228 e. The van der Waals surface area contributed by atoms with E-state index >= 15 is 0 Å². The molecule has 5 nitrogen and oxygen atoms in total. The summed E-state index contributed by atoms with van der Waals surface area (Å²) in [5.41, 5.74) is 6.65. The number of halogens is 1. The highest BCUT2D eigenvalue weighted by atomic mass is 79.9. The maximum atomic E-state index is 5.83.